The summed E-state index contributed by atoms with van der Waals surface area (Å²) in [4.78, 5) is 15.3. The van der Waals surface area contributed by atoms with E-state index in [0.717, 1.165) is 12.0 Å². The smallest absolute Gasteiger partial charge is 0.243 e. The number of carbonyl (C=O) groups is 1. The number of nitrogens with zero attached hydrogens (tertiary/aromatic N) is 2. The number of rotatable bonds is 3. The molecule has 0 N–H and O–H groups in total. The summed E-state index contributed by atoms with van der Waals surface area (Å²) in [5, 5.41) is 0. The van der Waals surface area contributed by atoms with Crippen LogP contribution in [0.15, 0.2) is 29.2 Å². The molecule has 7 heteroatoms. The molecule has 2 aliphatic rings. The van der Waals surface area contributed by atoms with Crippen molar-refractivity contribution in [3.8, 4) is 0 Å². The second kappa shape index (κ2) is 7.66. The van der Waals surface area contributed by atoms with Crippen LogP contribution in [-0.4, -0.2) is 61.9 Å². The number of benzene rings is 1. The minimum Gasteiger partial charge on any atom is -0.377 e. The van der Waals surface area contributed by atoms with E-state index in [-0.39, 0.29) is 30.5 Å². The van der Waals surface area contributed by atoms with Crippen molar-refractivity contribution in [1.82, 2.24) is 9.21 Å². The van der Waals surface area contributed by atoms with Gasteiger partial charge in [-0.05, 0) is 45.7 Å². The van der Waals surface area contributed by atoms with E-state index in [4.69, 9.17) is 4.74 Å². The van der Waals surface area contributed by atoms with Crippen LogP contribution in [0.1, 0.15) is 32.3 Å². The fraction of sp³-hybridized carbons (Fsp3) is 0.632. The Hall–Kier alpha value is -1.44. The lowest BCUT2D eigenvalue weighted by molar-refractivity contribution is -0.149. The summed E-state index contributed by atoms with van der Waals surface area (Å²) in [6.45, 7) is 7.69. The monoisotopic (exact) mass is 380 g/mol. The Morgan fingerprint density at radius 2 is 1.73 bits per heavy atom. The Bertz CT molecular complexity index is 737. The molecule has 0 unspecified atom stereocenters. The van der Waals surface area contributed by atoms with Crippen molar-refractivity contribution in [2.45, 2.75) is 50.6 Å². The first-order valence-electron chi connectivity index (χ1n) is 9.27. The molecule has 0 bridgehead atoms. The van der Waals surface area contributed by atoms with Crippen LogP contribution < -0.4 is 0 Å². The fourth-order valence-electron chi connectivity index (χ4n) is 3.87. The van der Waals surface area contributed by atoms with Gasteiger partial charge in [-0.15, -0.1) is 0 Å². The maximum Gasteiger partial charge on any atom is 0.243 e. The standard InChI is InChI=1S/C19H28N2O4S/c1-14-6-8-18(9-7-14)26(23,24)20-10-4-5-17(11-20)19(22)21-15(2)12-25-13-16(21)3/h6-9,15-17H,4-5,10-13H2,1-3H3/t15-,16-,17+/m1/s1. The van der Waals surface area contributed by atoms with Crippen LogP contribution >= 0.6 is 0 Å². The molecular weight excluding hydrogens is 352 g/mol. The van der Waals surface area contributed by atoms with E-state index >= 15 is 0 Å². The third-order valence-corrected chi connectivity index (χ3v) is 7.19. The van der Waals surface area contributed by atoms with Crippen LogP contribution in [0.4, 0.5) is 0 Å². The third-order valence-electron chi connectivity index (χ3n) is 5.31. The van der Waals surface area contributed by atoms with Gasteiger partial charge in [0.1, 0.15) is 0 Å². The second-order valence-corrected chi connectivity index (χ2v) is 9.43. The zero-order valence-corrected chi connectivity index (χ0v) is 16.5. The van der Waals surface area contributed by atoms with Gasteiger partial charge >= 0.3 is 0 Å². The van der Waals surface area contributed by atoms with Crippen molar-refractivity contribution in [3.63, 3.8) is 0 Å². The topological polar surface area (TPSA) is 66.9 Å². The highest BCUT2D eigenvalue weighted by atomic mass is 32.2. The molecule has 0 saturated carbocycles. The van der Waals surface area contributed by atoms with E-state index in [2.05, 4.69) is 0 Å². The van der Waals surface area contributed by atoms with Crippen molar-refractivity contribution in [2.75, 3.05) is 26.3 Å². The summed E-state index contributed by atoms with van der Waals surface area (Å²) in [6.07, 6.45) is 1.43. The maximum absolute atomic E-state index is 13.1. The number of sulfonamides is 1. The van der Waals surface area contributed by atoms with Crippen LogP contribution in [0.5, 0.6) is 0 Å². The van der Waals surface area contributed by atoms with Crippen molar-refractivity contribution < 1.29 is 17.9 Å². The average Bonchev–Trinajstić information content (AvgIpc) is 2.62. The Labute approximate surface area is 156 Å². The van der Waals surface area contributed by atoms with Crippen molar-refractivity contribution in [1.29, 1.82) is 0 Å². The summed E-state index contributed by atoms with van der Waals surface area (Å²) in [5.74, 6) is -0.232. The molecule has 1 aromatic rings. The number of amides is 1. The van der Waals surface area contributed by atoms with E-state index in [0.29, 0.717) is 31.1 Å². The summed E-state index contributed by atoms with van der Waals surface area (Å²) in [7, 11) is -3.57. The van der Waals surface area contributed by atoms with Crippen LogP contribution in [0.3, 0.4) is 0 Å². The summed E-state index contributed by atoms with van der Waals surface area (Å²) < 4.78 is 32.9. The number of hydrogen-bond acceptors (Lipinski definition) is 4. The maximum atomic E-state index is 13.1. The molecule has 3 rings (SSSR count). The molecule has 26 heavy (non-hydrogen) atoms. The van der Waals surface area contributed by atoms with Gasteiger partial charge < -0.3 is 9.64 Å². The van der Waals surface area contributed by atoms with E-state index in [1.807, 2.05) is 25.7 Å². The highest BCUT2D eigenvalue weighted by Crippen LogP contribution is 2.27. The van der Waals surface area contributed by atoms with Crippen LogP contribution in [0.25, 0.3) is 0 Å². The lowest BCUT2D eigenvalue weighted by Gasteiger charge is -2.42. The van der Waals surface area contributed by atoms with E-state index < -0.39 is 10.0 Å². The first-order chi connectivity index (χ1) is 12.3. The Morgan fingerprint density at radius 3 is 2.35 bits per heavy atom. The fourth-order valence-corrected chi connectivity index (χ4v) is 5.39. The molecule has 2 aliphatic heterocycles. The van der Waals surface area contributed by atoms with Crippen LogP contribution in [-0.2, 0) is 19.6 Å². The van der Waals surface area contributed by atoms with Crippen molar-refractivity contribution >= 4 is 15.9 Å². The number of morpholine rings is 1. The molecule has 0 aromatic heterocycles. The summed E-state index contributed by atoms with van der Waals surface area (Å²) in [5.41, 5.74) is 1.02. The molecule has 1 amide bonds. The predicted octanol–water partition coefficient (Wildman–Crippen LogP) is 2.03. The third kappa shape index (κ3) is 3.80. The van der Waals surface area contributed by atoms with Gasteiger partial charge in [0, 0.05) is 13.1 Å². The average molecular weight is 381 g/mol. The van der Waals surface area contributed by atoms with Gasteiger partial charge in [-0.2, -0.15) is 4.31 Å². The van der Waals surface area contributed by atoms with Gasteiger partial charge in [0.05, 0.1) is 36.1 Å². The zero-order valence-electron chi connectivity index (χ0n) is 15.7. The number of carbonyl (C=O) groups excluding carboxylic acids is 1. The van der Waals surface area contributed by atoms with E-state index in [1.165, 1.54) is 4.31 Å². The largest absolute Gasteiger partial charge is 0.377 e. The minimum absolute atomic E-state index is 0.0235. The first-order valence-corrected chi connectivity index (χ1v) is 10.7. The van der Waals surface area contributed by atoms with Crippen molar-refractivity contribution in [2.24, 2.45) is 5.92 Å². The lowest BCUT2D eigenvalue weighted by atomic mass is 9.96. The summed E-state index contributed by atoms with van der Waals surface area (Å²) >= 11 is 0. The molecule has 2 saturated heterocycles. The molecule has 2 heterocycles. The van der Waals surface area contributed by atoms with Crippen LogP contribution in [0, 0.1) is 12.8 Å². The molecule has 6 nitrogen and oxygen atoms in total. The van der Waals surface area contributed by atoms with E-state index in [1.54, 1.807) is 24.3 Å². The molecular formula is C19H28N2O4S. The number of ether oxygens (including phenoxy) is 1. The molecule has 144 valence electrons. The van der Waals surface area contributed by atoms with Gasteiger partial charge in [-0.25, -0.2) is 8.42 Å². The van der Waals surface area contributed by atoms with Crippen LogP contribution in [0.2, 0.25) is 0 Å². The van der Waals surface area contributed by atoms with Gasteiger partial charge in [0.15, 0.2) is 0 Å². The lowest BCUT2D eigenvalue weighted by Crippen LogP contribution is -2.56. The van der Waals surface area contributed by atoms with Crippen molar-refractivity contribution in [3.05, 3.63) is 29.8 Å². The highest BCUT2D eigenvalue weighted by molar-refractivity contribution is 7.89. The molecule has 0 spiro atoms. The number of piperidine rings is 1. The number of aryl methyl sites for hydroxylation is 1. The SMILES string of the molecule is Cc1ccc(S(=O)(=O)N2CCC[C@H](C(=O)N3[C@H](C)COC[C@H]3C)C2)cc1. The number of hydrogen-bond donors (Lipinski definition) is 0. The molecule has 3 atom stereocenters. The van der Waals surface area contributed by atoms with Gasteiger partial charge in [-0.3, -0.25) is 4.79 Å². The molecule has 2 fully saturated rings. The molecule has 1 aromatic carbocycles. The van der Waals surface area contributed by atoms with E-state index in [9.17, 15) is 13.2 Å². The molecule has 0 aliphatic carbocycles. The zero-order chi connectivity index (χ0) is 18.9. The quantitative estimate of drug-likeness (QED) is 0.805. The Kier molecular flexibility index (Phi) is 5.69. The Morgan fingerprint density at radius 1 is 1.12 bits per heavy atom. The Balaban J connectivity index is 1.76. The molecule has 0 radical (unpaired) electrons. The van der Waals surface area contributed by atoms with Gasteiger partial charge in [0.2, 0.25) is 15.9 Å². The normalized spacial score (nSPS) is 28.1. The van der Waals surface area contributed by atoms with Gasteiger partial charge in [0.25, 0.3) is 0 Å². The summed E-state index contributed by atoms with van der Waals surface area (Å²) in [6, 6.07) is 6.93. The first kappa shape index (κ1) is 19.3. The minimum atomic E-state index is -3.57. The van der Waals surface area contributed by atoms with Gasteiger partial charge in [-0.1, -0.05) is 17.7 Å². The predicted molar refractivity (Wildman–Crippen MR) is 99.3 cm³/mol. The second-order valence-electron chi connectivity index (χ2n) is 7.50. The highest BCUT2D eigenvalue weighted by Gasteiger charge is 2.38.